The number of ether oxygens (including phenoxy) is 4. The summed E-state index contributed by atoms with van der Waals surface area (Å²) in [5, 5.41) is 3.45. The van der Waals surface area contributed by atoms with Gasteiger partial charge in [0.1, 0.15) is 36.9 Å². The molecule has 3 aromatic rings. The van der Waals surface area contributed by atoms with Crippen molar-refractivity contribution in [3.8, 4) is 11.5 Å². The van der Waals surface area contributed by atoms with E-state index >= 15 is 0 Å². The monoisotopic (exact) mass is 462 g/mol. The summed E-state index contributed by atoms with van der Waals surface area (Å²) in [6.07, 6.45) is -0.914. The van der Waals surface area contributed by atoms with Gasteiger partial charge < -0.3 is 18.9 Å². The Balaban J connectivity index is 1.93. The van der Waals surface area contributed by atoms with Crippen LogP contribution >= 0.6 is 0 Å². The highest BCUT2D eigenvalue weighted by Crippen LogP contribution is 2.42. The molecule has 0 N–H and O–H groups in total. The van der Waals surface area contributed by atoms with Gasteiger partial charge in [0.25, 0.3) is 0 Å². The highest BCUT2D eigenvalue weighted by molar-refractivity contribution is 6.11. The number of rotatable bonds is 10. The van der Waals surface area contributed by atoms with Gasteiger partial charge in [0, 0.05) is 32.7 Å². The average molecular weight is 463 g/mol. The van der Waals surface area contributed by atoms with E-state index < -0.39 is 24.1 Å². The molecule has 3 rings (SSSR count). The predicted octanol–water partition coefficient (Wildman–Crippen LogP) is 5.77. The molecule has 6 nitrogen and oxygen atoms in total. The fourth-order valence-corrected chi connectivity index (χ4v) is 3.40. The molecule has 0 fully saturated rings. The van der Waals surface area contributed by atoms with Crippen LogP contribution in [0, 0.1) is 0 Å². The molecule has 0 bridgehead atoms. The fourth-order valence-electron chi connectivity index (χ4n) is 3.40. The predicted molar refractivity (Wildman–Crippen MR) is 133 cm³/mol. The lowest BCUT2D eigenvalue weighted by Crippen LogP contribution is -2.23. The second-order valence-corrected chi connectivity index (χ2v) is 8.36. The first-order chi connectivity index (χ1) is 16.2. The molecule has 0 aliphatic heterocycles. The van der Waals surface area contributed by atoms with Gasteiger partial charge in [-0.05, 0) is 27.7 Å². The molecule has 0 aliphatic rings. The SMILES string of the molecule is C=C(C)C(=O)OC(C)COc1c2ccccc2c(OCC(C)OC(=O)C(=C)C)c2ccccc12. The Bertz CT molecular complexity index is 1090. The third kappa shape index (κ3) is 5.76. The van der Waals surface area contributed by atoms with Crippen LogP contribution in [0.4, 0.5) is 0 Å². The Labute approximate surface area is 199 Å². The van der Waals surface area contributed by atoms with Crippen molar-refractivity contribution in [2.75, 3.05) is 13.2 Å². The normalized spacial score (nSPS) is 12.6. The van der Waals surface area contributed by atoms with Crippen molar-refractivity contribution in [1.29, 1.82) is 0 Å². The van der Waals surface area contributed by atoms with Crippen LogP contribution in [0.5, 0.6) is 11.5 Å². The van der Waals surface area contributed by atoms with Gasteiger partial charge in [0.2, 0.25) is 0 Å². The van der Waals surface area contributed by atoms with E-state index in [4.69, 9.17) is 18.9 Å². The Morgan fingerprint density at radius 2 is 0.971 bits per heavy atom. The van der Waals surface area contributed by atoms with Crippen LogP contribution < -0.4 is 9.47 Å². The molecule has 0 radical (unpaired) electrons. The summed E-state index contributed by atoms with van der Waals surface area (Å²) in [7, 11) is 0. The third-order valence-corrected chi connectivity index (χ3v) is 5.07. The van der Waals surface area contributed by atoms with Crippen LogP contribution in [-0.4, -0.2) is 37.4 Å². The molecule has 3 aromatic carbocycles. The van der Waals surface area contributed by atoms with Crippen LogP contribution in [0.15, 0.2) is 72.8 Å². The summed E-state index contributed by atoms with van der Waals surface area (Å²) < 4.78 is 23.1. The second-order valence-electron chi connectivity index (χ2n) is 8.36. The van der Waals surface area contributed by atoms with Gasteiger partial charge in [0.05, 0.1) is 0 Å². The first-order valence-corrected chi connectivity index (χ1v) is 11.1. The molecule has 0 aromatic heterocycles. The van der Waals surface area contributed by atoms with Gasteiger partial charge in [-0.15, -0.1) is 0 Å². The van der Waals surface area contributed by atoms with E-state index in [-0.39, 0.29) is 13.2 Å². The number of esters is 2. The number of carbonyl (C=O) groups excluding carboxylic acids is 2. The van der Waals surface area contributed by atoms with Crippen molar-refractivity contribution < 1.29 is 28.5 Å². The summed E-state index contributed by atoms with van der Waals surface area (Å²) in [6.45, 7) is 14.3. The average Bonchev–Trinajstić information content (AvgIpc) is 2.80. The van der Waals surface area contributed by atoms with Crippen molar-refractivity contribution in [2.45, 2.75) is 39.9 Å². The van der Waals surface area contributed by atoms with Crippen molar-refractivity contribution >= 4 is 33.5 Å². The Morgan fingerprint density at radius 3 is 1.24 bits per heavy atom. The molecule has 6 heteroatoms. The zero-order chi connectivity index (χ0) is 24.8. The highest BCUT2D eigenvalue weighted by Gasteiger charge is 2.19. The van der Waals surface area contributed by atoms with Gasteiger partial charge in [-0.2, -0.15) is 0 Å². The zero-order valence-electron chi connectivity index (χ0n) is 20.1. The van der Waals surface area contributed by atoms with Gasteiger partial charge in [-0.1, -0.05) is 61.7 Å². The molecule has 2 atom stereocenters. The minimum atomic E-state index is -0.457. The van der Waals surface area contributed by atoms with Crippen LogP contribution in [0.2, 0.25) is 0 Å². The highest BCUT2D eigenvalue weighted by atomic mass is 16.6. The van der Waals surface area contributed by atoms with Gasteiger partial charge in [-0.3, -0.25) is 0 Å². The molecular weight excluding hydrogens is 432 g/mol. The Morgan fingerprint density at radius 1 is 0.676 bits per heavy atom. The maximum Gasteiger partial charge on any atom is 0.333 e. The minimum absolute atomic E-state index is 0.182. The standard InChI is InChI=1S/C28H30O6/c1-17(2)27(29)33-19(5)15-31-25-21-11-7-9-13-23(21)26(24-14-10-8-12-22(24)25)32-16-20(6)34-28(30)18(3)4/h7-14,19-20H,1,3,15-16H2,2,4-6H3. The molecule has 0 amide bonds. The van der Waals surface area contributed by atoms with Gasteiger partial charge in [-0.25, -0.2) is 9.59 Å². The first kappa shape index (κ1) is 24.8. The molecule has 0 spiro atoms. The van der Waals surface area contributed by atoms with E-state index in [0.29, 0.717) is 22.6 Å². The van der Waals surface area contributed by atoms with Crippen molar-refractivity contribution in [3.63, 3.8) is 0 Å². The maximum absolute atomic E-state index is 11.8. The lowest BCUT2D eigenvalue weighted by atomic mass is 10.0. The van der Waals surface area contributed by atoms with Crippen LogP contribution in [0.3, 0.4) is 0 Å². The van der Waals surface area contributed by atoms with Crippen molar-refractivity contribution in [3.05, 3.63) is 72.8 Å². The number of benzene rings is 3. The van der Waals surface area contributed by atoms with Crippen LogP contribution in [0.1, 0.15) is 27.7 Å². The third-order valence-electron chi connectivity index (χ3n) is 5.07. The van der Waals surface area contributed by atoms with Gasteiger partial charge in [0.15, 0.2) is 0 Å². The molecular formula is C28H30O6. The summed E-state index contributed by atoms with van der Waals surface area (Å²) in [5.74, 6) is 0.462. The molecule has 34 heavy (non-hydrogen) atoms. The van der Waals surface area contributed by atoms with Crippen LogP contribution in [-0.2, 0) is 19.1 Å². The maximum atomic E-state index is 11.8. The summed E-state index contributed by atoms with van der Waals surface area (Å²) in [6, 6.07) is 15.5. The summed E-state index contributed by atoms with van der Waals surface area (Å²) in [5.41, 5.74) is 0.680. The lowest BCUT2D eigenvalue weighted by molar-refractivity contribution is -0.145. The smallest absolute Gasteiger partial charge is 0.333 e. The van der Waals surface area contributed by atoms with Crippen LogP contribution in [0.25, 0.3) is 21.5 Å². The second kappa shape index (κ2) is 10.9. The topological polar surface area (TPSA) is 71.1 Å². The number of hydrogen-bond acceptors (Lipinski definition) is 6. The van der Waals surface area contributed by atoms with Crippen molar-refractivity contribution in [1.82, 2.24) is 0 Å². The molecule has 2 unspecified atom stereocenters. The molecule has 0 saturated heterocycles. The number of fused-ring (bicyclic) bond motifs is 2. The number of hydrogen-bond donors (Lipinski definition) is 0. The van der Waals surface area contributed by atoms with E-state index in [1.807, 2.05) is 48.5 Å². The summed E-state index contributed by atoms with van der Waals surface area (Å²) >= 11 is 0. The van der Waals surface area contributed by atoms with E-state index in [2.05, 4.69) is 13.2 Å². The lowest BCUT2D eigenvalue weighted by Gasteiger charge is -2.21. The largest absolute Gasteiger partial charge is 0.488 e. The Hall–Kier alpha value is -3.80. The molecule has 178 valence electrons. The minimum Gasteiger partial charge on any atom is -0.488 e. The summed E-state index contributed by atoms with van der Waals surface area (Å²) in [4.78, 5) is 23.7. The number of carbonyl (C=O) groups is 2. The first-order valence-electron chi connectivity index (χ1n) is 11.1. The molecule has 0 heterocycles. The van der Waals surface area contributed by atoms with E-state index in [0.717, 1.165) is 21.5 Å². The molecule has 0 saturated carbocycles. The van der Waals surface area contributed by atoms with E-state index in [1.165, 1.54) is 0 Å². The van der Waals surface area contributed by atoms with Crippen molar-refractivity contribution in [2.24, 2.45) is 0 Å². The Kier molecular flexibility index (Phi) is 7.95. The van der Waals surface area contributed by atoms with E-state index in [9.17, 15) is 9.59 Å². The zero-order valence-corrected chi connectivity index (χ0v) is 20.1. The quantitative estimate of drug-likeness (QED) is 0.217. The fraction of sp³-hybridized carbons (Fsp3) is 0.286. The van der Waals surface area contributed by atoms with E-state index in [1.54, 1.807) is 27.7 Å². The molecule has 0 aliphatic carbocycles. The van der Waals surface area contributed by atoms with Gasteiger partial charge >= 0.3 is 11.9 Å².